The Kier molecular flexibility index (Phi) is 8.04. The highest BCUT2D eigenvalue weighted by molar-refractivity contribution is 7.92. The van der Waals surface area contributed by atoms with Crippen molar-refractivity contribution >= 4 is 53.3 Å². The molecule has 1 aliphatic heterocycles. The Balaban J connectivity index is 1.31. The van der Waals surface area contributed by atoms with E-state index >= 15 is 0 Å². The Morgan fingerprint density at radius 2 is 1.85 bits per heavy atom. The largest absolute Gasteiger partial charge is 0.492 e. The SMILES string of the molecule is CC(C)(C)OC(=O)N(CCOc1ccc2c(c1)sc1ccccc12)C[C@H](O)c1ccc2c(c1)N(S(C)(=O)=O)CCO2. The summed E-state index contributed by atoms with van der Waals surface area (Å²) in [6, 6.07) is 19.1. The van der Waals surface area contributed by atoms with Crippen molar-refractivity contribution < 1.29 is 32.5 Å². The number of carbonyl (C=O) groups excluding carboxylic acids is 1. The summed E-state index contributed by atoms with van der Waals surface area (Å²) in [5.41, 5.74) is 0.0821. The Morgan fingerprint density at radius 1 is 1.10 bits per heavy atom. The van der Waals surface area contributed by atoms with E-state index in [4.69, 9.17) is 14.2 Å². The predicted molar refractivity (Wildman–Crippen MR) is 162 cm³/mol. The van der Waals surface area contributed by atoms with Crippen LogP contribution in [-0.2, 0) is 14.8 Å². The Labute approximate surface area is 243 Å². The van der Waals surface area contributed by atoms with Gasteiger partial charge < -0.3 is 24.2 Å². The molecule has 0 aliphatic carbocycles. The van der Waals surface area contributed by atoms with Gasteiger partial charge in [-0.25, -0.2) is 13.2 Å². The van der Waals surface area contributed by atoms with Crippen LogP contribution in [0.5, 0.6) is 11.5 Å². The quantitative estimate of drug-likeness (QED) is 0.283. The number of rotatable bonds is 8. The first-order valence-electron chi connectivity index (χ1n) is 13.3. The van der Waals surface area contributed by atoms with Gasteiger partial charge in [0.25, 0.3) is 0 Å². The van der Waals surface area contributed by atoms with E-state index in [1.165, 1.54) is 24.7 Å². The summed E-state index contributed by atoms with van der Waals surface area (Å²) >= 11 is 1.70. The molecular formula is C30H34N2O7S2. The van der Waals surface area contributed by atoms with Crippen LogP contribution in [0.3, 0.4) is 0 Å². The van der Waals surface area contributed by atoms with E-state index in [0.29, 0.717) is 22.7 Å². The van der Waals surface area contributed by atoms with Gasteiger partial charge in [0.05, 0.1) is 37.7 Å². The van der Waals surface area contributed by atoms with Gasteiger partial charge in [0.1, 0.15) is 30.3 Å². The van der Waals surface area contributed by atoms with Crippen LogP contribution in [0.4, 0.5) is 10.5 Å². The molecule has 1 aromatic heterocycles. The lowest BCUT2D eigenvalue weighted by atomic mass is 10.1. The number of anilines is 1. The third kappa shape index (κ3) is 6.69. The summed E-state index contributed by atoms with van der Waals surface area (Å²) in [5, 5.41) is 13.5. The maximum Gasteiger partial charge on any atom is 0.410 e. The highest BCUT2D eigenvalue weighted by Crippen LogP contribution is 2.37. The molecule has 0 fully saturated rings. The van der Waals surface area contributed by atoms with Crippen molar-refractivity contribution in [1.29, 1.82) is 0 Å². The van der Waals surface area contributed by atoms with Gasteiger partial charge in [0, 0.05) is 20.2 Å². The van der Waals surface area contributed by atoms with Crippen LogP contribution < -0.4 is 13.8 Å². The molecule has 1 aliphatic rings. The predicted octanol–water partition coefficient (Wildman–Crippen LogP) is 5.56. The summed E-state index contributed by atoms with van der Waals surface area (Å²) in [5.74, 6) is 1.11. The van der Waals surface area contributed by atoms with E-state index < -0.39 is 27.8 Å². The molecule has 0 radical (unpaired) electrons. The average molecular weight is 599 g/mol. The first-order valence-corrected chi connectivity index (χ1v) is 16.0. The molecular weight excluding hydrogens is 564 g/mol. The minimum Gasteiger partial charge on any atom is -0.492 e. The second-order valence-corrected chi connectivity index (χ2v) is 13.9. The normalized spacial score (nSPS) is 14.4. The number of amides is 1. The number of hydrogen-bond donors (Lipinski definition) is 1. The number of fused-ring (bicyclic) bond motifs is 4. The van der Waals surface area contributed by atoms with Crippen molar-refractivity contribution in [3.05, 3.63) is 66.2 Å². The van der Waals surface area contributed by atoms with E-state index in [9.17, 15) is 18.3 Å². The molecule has 0 saturated carbocycles. The maximum atomic E-state index is 13.1. The topological polar surface area (TPSA) is 106 Å². The molecule has 3 aromatic carbocycles. The lowest BCUT2D eigenvalue weighted by Crippen LogP contribution is -2.41. The van der Waals surface area contributed by atoms with Gasteiger partial charge in [-0.1, -0.05) is 24.3 Å². The zero-order valence-corrected chi connectivity index (χ0v) is 25.1. The van der Waals surface area contributed by atoms with Crippen LogP contribution >= 0.6 is 11.3 Å². The summed E-state index contributed by atoms with van der Waals surface area (Å²) in [4.78, 5) is 14.5. The molecule has 218 valence electrons. The molecule has 0 unspecified atom stereocenters. The monoisotopic (exact) mass is 598 g/mol. The Bertz CT molecular complexity index is 1680. The zero-order valence-electron chi connectivity index (χ0n) is 23.5. The van der Waals surface area contributed by atoms with E-state index in [2.05, 4.69) is 12.1 Å². The van der Waals surface area contributed by atoms with Gasteiger partial charge in [0.15, 0.2) is 0 Å². The summed E-state index contributed by atoms with van der Waals surface area (Å²) in [6.07, 6.45) is -0.557. The summed E-state index contributed by atoms with van der Waals surface area (Å²) in [7, 11) is -3.53. The molecule has 9 nitrogen and oxygen atoms in total. The second-order valence-electron chi connectivity index (χ2n) is 11.0. The number of thiophene rings is 1. The number of nitrogens with zero attached hydrogens (tertiary/aromatic N) is 2. The number of benzene rings is 3. The van der Waals surface area contributed by atoms with E-state index in [0.717, 1.165) is 11.0 Å². The van der Waals surface area contributed by atoms with Crippen LogP contribution in [0.25, 0.3) is 20.2 Å². The number of aliphatic hydroxyl groups excluding tert-OH is 1. The maximum absolute atomic E-state index is 13.1. The van der Waals surface area contributed by atoms with Gasteiger partial charge in [0.2, 0.25) is 10.0 Å². The highest BCUT2D eigenvalue weighted by Gasteiger charge is 2.28. The van der Waals surface area contributed by atoms with Crippen molar-refractivity contribution in [2.75, 3.05) is 43.4 Å². The minimum absolute atomic E-state index is 0.0772. The minimum atomic E-state index is -3.53. The summed E-state index contributed by atoms with van der Waals surface area (Å²) in [6.45, 7) is 6.02. The molecule has 0 bridgehead atoms. The zero-order chi connectivity index (χ0) is 29.4. The van der Waals surface area contributed by atoms with Crippen molar-refractivity contribution in [2.24, 2.45) is 0 Å². The molecule has 5 rings (SSSR count). The van der Waals surface area contributed by atoms with Crippen molar-refractivity contribution in [2.45, 2.75) is 32.5 Å². The fraction of sp³-hybridized carbons (Fsp3) is 0.367. The number of sulfonamides is 1. The number of ether oxygens (including phenoxy) is 3. The van der Waals surface area contributed by atoms with Crippen molar-refractivity contribution in [1.82, 2.24) is 4.90 Å². The molecule has 0 spiro atoms. The van der Waals surface area contributed by atoms with Crippen LogP contribution in [-0.4, -0.2) is 69.2 Å². The molecule has 11 heteroatoms. The van der Waals surface area contributed by atoms with Crippen molar-refractivity contribution in [3.63, 3.8) is 0 Å². The van der Waals surface area contributed by atoms with Crippen LogP contribution in [0.15, 0.2) is 60.7 Å². The fourth-order valence-electron chi connectivity index (χ4n) is 4.73. The smallest absolute Gasteiger partial charge is 0.410 e. The van der Waals surface area contributed by atoms with Gasteiger partial charge in [-0.05, 0) is 62.7 Å². The summed E-state index contributed by atoms with van der Waals surface area (Å²) < 4.78 is 45.4. The average Bonchev–Trinajstić information content (AvgIpc) is 3.28. The third-order valence-electron chi connectivity index (χ3n) is 6.61. The van der Waals surface area contributed by atoms with Gasteiger partial charge in [-0.15, -0.1) is 11.3 Å². The number of carbonyl (C=O) groups is 1. The van der Waals surface area contributed by atoms with Crippen LogP contribution in [0.1, 0.15) is 32.4 Å². The Morgan fingerprint density at radius 3 is 2.61 bits per heavy atom. The standard InChI is InChI=1S/C30H34N2O7S2/c1-30(2,3)39-29(34)31(13-15-37-21-10-11-23-22-7-5-6-8-27(22)40-28(23)18-21)19-25(33)20-9-12-26-24(17-20)32(14-16-38-26)41(4,35)36/h5-12,17-18,25,33H,13-16,19H2,1-4H3/t25-/m0/s1. The van der Waals surface area contributed by atoms with E-state index in [1.54, 1.807) is 50.3 Å². The lowest BCUT2D eigenvalue weighted by Gasteiger charge is -2.31. The molecule has 1 N–H and O–H groups in total. The number of aliphatic hydroxyl groups is 1. The molecule has 2 heterocycles. The van der Waals surface area contributed by atoms with Crippen LogP contribution in [0, 0.1) is 0 Å². The fourth-order valence-corrected chi connectivity index (χ4v) is 6.77. The van der Waals surface area contributed by atoms with Gasteiger partial charge in [-0.2, -0.15) is 0 Å². The first-order chi connectivity index (χ1) is 19.4. The second kappa shape index (κ2) is 11.4. The molecule has 4 aromatic rings. The molecule has 1 atom stereocenters. The molecule has 0 saturated heterocycles. The molecule has 1 amide bonds. The molecule has 41 heavy (non-hydrogen) atoms. The van der Waals surface area contributed by atoms with Crippen molar-refractivity contribution in [3.8, 4) is 11.5 Å². The Hall–Kier alpha value is -3.54. The third-order valence-corrected chi connectivity index (χ3v) is 8.93. The number of hydrogen-bond acceptors (Lipinski definition) is 8. The van der Waals surface area contributed by atoms with Gasteiger partial charge >= 0.3 is 6.09 Å². The van der Waals surface area contributed by atoms with Crippen LogP contribution in [0.2, 0.25) is 0 Å². The van der Waals surface area contributed by atoms with Gasteiger partial charge in [-0.3, -0.25) is 4.31 Å². The lowest BCUT2D eigenvalue weighted by molar-refractivity contribution is 0.0117. The highest BCUT2D eigenvalue weighted by atomic mass is 32.2. The van der Waals surface area contributed by atoms with E-state index in [1.807, 2.05) is 30.3 Å². The van der Waals surface area contributed by atoms with E-state index in [-0.39, 0.29) is 32.8 Å². The first kappa shape index (κ1) is 29.0.